The molecule has 1 saturated carbocycles. The van der Waals surface area contributed by atoms with Crippen LogP contribution in [-0.2, 0) is 9.59 Å². The summed E-state index contributed by atoms with van der Waals surface area (Å²) in [6, 6.07) is 4.84. The molecule has 22 heavy (non-hydrogen) atoms. The van der Waals surface area contributed by atoms with Crippen LogP contribution in [0.2, 0.25) is 10.0 Å². The van der Waals surface area contributed by atoms with Gasteiger partial charge in [-0.25, -0.2) is 0 Å². The molecule has 1 unspecified atom stereocenters. The molecule has 0 aromatic heterocycles. The van der Waals surface area contributed by atoms with E-state index >= 15 is 0 Å². The van der Waals surface area contributed by atoms with E-state index in [1.165, 1.54) is 0 Å². The van der Waals surface area contributed by atoms with Gasteiger partial charge in [-0.2, -0.15) is 0 Å². The van der Waals surface area contributed by atoms with Gasteiger partial charge in [0.15, 0.2) is 6.61 Å². The number of carbonyl (C=O) groups excluding carboxylic acids is 1. The molecule has 1 aliphatic rings. The number of nitrogens with zero attached hydrogens (tertiary/aromatic N) is 1. The lowest BCUT2D eigenvalue weighted by atomic mass is 10.1. The van der Waals surface area contributed by atoms with Crippen molar-refractivity contribution in [2.45, 2.75) is 25.8 Å². The van der Waals surface area contributed by atoms with Gasteiger partial charge in [-0.1, -0.05) is 30.1 Å². The standard InChI is InChI=1S/C15H17Cl2NO4/c1-9(15(20)21)7-18(12-2-3-12)14(19)8-22-13-5-10(16)4-11(17)6-13/h4-6,9,12H,2-3,7-8H2,1H3,(H,20,21). The van der Waals surface area contributed by atoms with Crippen LogP contribution in [0, 0.1) is 5.92 Å². The van der Waals surface area contributed by atoms with Crippen LogP contribution in [0.5, 0.6) is 5.75 Å². The highest BCUT2D eigenvalue weighted by Gasteiger charge is 2.34. The van der Waals surface area contributed by atoms with E-state index in [0.717, 1.165) is 12.8 Å². The molecule has 2 rings (SSSR count). The molecule has 1 fully saturated rings. The van der Waals surface area contributed by atoms with Gasteiger partial charge < -0.3 is 14.7 Å². The van der Waals surface area contributed by atoms with Crippen molar-refractivity contribution in [3.63, 3.8) is 0 Å². The Morgan fingerprint density at radius 3 is 2.41 bits per heavy atom. The molecular formula is C15H17Cl2NO4. The van der Waals surface area contributed by atoms with Crippen LogP contribution in [-0.4, -0.2) is 41.1 Å². The highest BCUT2D eigenvalue weighted by Crippen LogP contribution is 2.28. The van der Waals surface area contributed by atoms with Gasteiger partial charge >= 0.3 is 5.97 Å². The topological polar surface area (TPSA) is 66.8 Å². The first kappa shape index (κ1) is 16.9. The van der Waals surface area contributed by atoms with Crippen LogP contribution in [0.15, 0.2) is 18.2 Å². The quantitative estimate of drug-likeness (QED) is 0.824. The Kier molecular flexibility index (Phi) is 5.53. The van der Waals surface area contributed by atoms with Crippen molar-refractivity contribution in [2.24, 2.45) is 5.92 Å². The van der Waals surface area contributed by atoms with E-state index in [2.05, 4.69) is 0 Å². The molecule has 1 aromatic carbocycles. The molecule has 0 saturated heterocycles. The average molecular weight is 346 g/mol. The van der Waals surface area contributed by atoms with E-state index in [0.29, 0.717) is 15.8 Å². The minimum atomic E-state index is -0.916. The highest BCUT2D eigenvalue weighted by molar-refractivity contribution is 6.34. The molecule has 0 heterocycles. The number of carbonyl (C=O) groups is 2. The van der Waals surface area contributed by atoms with E-state index in [1.54, 1.807) is 30.0 Å². The summed E-state index contributed by atoms with van der Waals surface area (Å²) < 4.78 is 5.42. The molecule has 1 amide bonds. The van der Waals surface area contributed by atoms with Crippen molar-refractivity contribution in [3.05, 3.63) is 28.2 Å². The van der Waals surface area contributed by atoms with Crippen molar-refractivity contribution in [1.29, 1.82) is 0 Å². The number of carboxylic acid groups (broad SMARTS) is 1. The first-order valence-corrected chi connectivity index (χ1v) is 7.73. The molecule has 1 atom stereocenters. The molecule has 120 valence electrons. The van der Waals surface area contributed by atoms with Crippen LogP contribution in [0.25, 0.3) is 0 Å². The number of ether oxygens (including phenoxy) is 1. The average Bonchev–Trinajstić information content (AvgIpc) is 3.25. The zero-order valence-electron chi connectivity index (χ0n) is 12.1. The number of benzene rings is 1. The Morgan fingerprint density at radius 1 is 1.32 bits per heavy atom. The third kappa shape index (κ3) is 4.78. The maximum Gasteiger partial charge on any atom is 0.308 e. The molecule has 0 bridgehead atoms. The number of hydrogen-bond donors (Lipinski definition) is 1. The first-order chi connectivity index (χ1) is 10.4. The lowest BCUT2D eigenvalue weighted by Crippen LogP contribution is -2.41. The minimum absolute atomic E-state index is 0.126. The Labute approximate surface area is 138 Å². The van der Waals surface area contributed by atoms with E-state index < -0.39 is 11.9 Å². The second-order valence-corrected chi connectivity index (χ2v) is 6.28. The summed E-state index contributed by atoms with van der Waals surface area (Å²) in [5.41, 5.74) is 0. The van der Waals surface area contributed by atoms with Crippen LogP contribution in [0.4, 0.5) is 0 Å². The smallest absolute Gasteiger partial charge is 0.308 e. The van der Waals surface area contributed by atoms with Gasteiger partial charge in [-0.15, -0.1) is 0 Å². The highest BCUT2D eigenvalue weighted by atomic mass is 35.5. The largest absolute Gasteiger partial charge is 0.484 e. The summed E-state index contributed by atoms with van der Waals surface area (Å²) in [5.74, 6) is -1.34. The Bertz CT molecular complexity index is 554. The Hall–Kier alpha value is -1.46. The number of rotatable bonds is 7. The van der Waals surface area contributed by atoms with Crippen LogP contribution in [0.1, 0.15) is 19.8 Å². The second-order valence-electron chi connectivity index (χ2n) is 5.41. The Morgan fingerprint density at radius 2 is 1.91 bits per heavy atom. The molecule has 1 aliphatic carbocycles. The fraction of sp³-hybridized carbons (Fsp3) is 0.467. The van der Waals surface area contributed by atoms with Crippen molar-refractivity contribution in [1.82, 2.24) is 4.90 Å². The van der Waals surface area contributed by atoms with Gasteiger partial charge in [0.05, 0.1) is 5.92 Å². The monoisotopic (exact) mass is 345 g/mol. The van der Waals surface area contributed by atoms with Crippen LogP contribution >= 0.6 is 23.2 Å². The maximum atomic E-state index is 12.3. The van der Waals surface area contributed by atoms with E-state index in [9.17, 15) is 9.59 Å². The number of aliphatic carboxylic acids is 1. The summed E-state index contributed by atoms with van der Waals surface area (Å²) >= 11 is 11.7. The van der Waals surface area contributed by atoms with Crippen molar-refractivity contribution >= 4 is 35.1 Å². The summed E-state index contributed by atoms with van der Waals surface area (Å²) in [6.07, 6.45) is 1.81. The van der Waals surface area contributed by atoms with Gasteiger partial charge in [0.2, 0.25) is 0 Å². The van der Waals surface area contributed by atoms with Gasteiger partial charge in [0.25, 0.3) is 5.91 Å². The van der Waals surface area contributed by atoms with Gasteiger partial charge in [0.1, 0.15) is 5.75 Å². The zero-order valence-corrected chi connectivity index (χ0v) is 13.6. The summed E-state index contributed by atoms with van der Waals surface area (Å²) in [6.45, 7) is 1.61. The molecule has 7 heteroatoms. The van der Waals surface area contributed by atoms with Gasteiger partial charge in [-0.3, -0.25) is 9.59 Å². The van der Waals surface area contributed by atoms with Gasteiger partial charge in [-0.05, 0) is 31.0 Å². The normalized spacial score (nSPS) is 15.2. The number of halogens is 2. The molecular weight excluding hydrogens is 329 g/mol. The third-order valence-electron chi connectivity index (χ3n) is 3.40. The lowest BCUT2D eigenvalue weighted by Gasteiger charge is -2.24. The summed E-state index contributed by atoms with van der Waals surface area (Å²) in [7, 11) is 0. The molecule has 5 nitrogen and oxygen atoms in total. The number of carboxylic acids is 1. The molecule has 0 aliphatic heterocycles. The van der Waals surface area contributed by atoms with Crippen molar-refractivity contribution in [3.8, 4) is 5.75 Å². The second kappa shape index (κ2) is 7.20. The number of hydrogen-bond acceptors (Lipinski definition) is 3. The summed E-state index contributed by atoms with van der Waals surface area (Å²) in [5, 5.41) is 9.83. The SMILES string of the molecule is CC(CN(C(=O)COc1cc(Cl)cc(Cl)c1)C1CC1)C(=O)O. The summed E-state index contributed by atoms with van der Waals surface area (Å²) in [4.78, 5) is 24.8. The fourth-order valence-corrected chi connectivity index (χ4v) is 2.56. The van der Waals surface area contributed by atoms with Crippen molar-refractivity contribution in [2.75, 3.05) is 13.2 Å². The Balaban J connectivity index is 1.95. The number of amides is 1. The zero-order chi connectivity index (χ0) is 16.3. The van der Waals surface area contributed by atoms with Crippen LogP contribution in [0.3, 0.4) is 0 Å². The predicted molar refractivity (Wildman–Crippen MR) is 83.5 cm³/mol. The van der Waals surface area contributed by atoms with Crippen molar-refractivity contribution < 1.29 is 19.4 Å². The lowest BCUT2D eigenvalue weighted by molar-refractivity contribution is -0.143. The van der Waals surface area contributed by atoms with Crippen LogP contribution < -0.4 is 4.74 Å². The molecule has 1 aromatic rings. The fourth-order valence-electron chi connectivity index (χ4n) is 2.05. The minimum Gasteiger partial charge on any atom is -0.484 e. The van der Waals surface area contributed by atoms with E-state index in [4.69, 9.17) is 33.0 Å². The predicted octanol–water partition coefficient (Wildman–Crippen LogP) is 3.08. The molecule has 0 spiro atoms. The van der Waals surface area contributed by atoms with Gasteiger partial charge in [0, 0.05) is 22.6 Å². The molecule has 0 radical (unpaired) electrons. The maximum absolute atomic E-state index is 12.3. The third-order valence-corrected chi connectivity index (χ3v) is 3.83. The van der Waals surface area contributed by atoms with E-state index in [1.807, 2.05) is 0 Å². The molecule has 1 N–H and O–H groups in total. The first-order valence-electron chi connectivity index (χ1n) is 6.98. The van der Waals surface area contributed by atoms with E-state index in [-0.39, 0.29) is 25.1 Å².